The van der Waals surface area contributed by atoms with Crippen LogP contribution in [0.15, 0.2) is 48.6 Å². The van der Waals surface area contributed by atoms with Crippen molar-refractivity contribution in [3.63, 3.8) is 0 Å². The highest BCUT2D eigenvalue weighted by Gasteiger charge is 2.39. The number of pyridine rings is 1. The number of anilines is 1. The molecule has 2 saturated heterocycles. The van der Waals surface area contributed by atoms with E-state index in [2.05, 4.69) is 51.3 Å². The van der Waals surface area contributed by atoms with Crippen LogP contribution in [-0.2, 0) is 6.54 Å². The van der Waals surface area contributed by atoms with Gasteiger partial charge in [-0.25, -0.2) is 0 Å². The second-order valence-electron chi connectivity index (χ2n) is 9.12. The van der Waals surface area contributed by atoms with Gasteiger partial charge in [-0.1, -0.05) is 6.07 Å². The molecule has 6 heteroatoms. The first-order valence-electron chi connectivity index (χ1n) is 11.9. The normalized spacial score (nSPS) is 25.3. The van der Waals surface area contributed by atoms with Crippen LogP contribution < -0.4 is 15.0 Å². The molecule has 0 saturated carbocycles. The zero-order valence-corrected chi connectivity index (χ0v) is 18.2. The zero-order valence-electron chi connectivity index (χ0n) is 19.2. The lowest BCUT2D eigenvalue weighted by molar-refractivity contribution is 0.134. The van der Waals surface area contributed by atoms with Gasteiger partial charge >= 0.3 is 0 Å². The summed E-state index contributed by atoms with van der Waals surface area (Å²) in [5.74, 6) is 0.974. The van der Waals surface area contributed by atoms with Crippen LogP contribution in [0.2, 0.25) is 0 Å². The predicted molar refractivity (Wildman–Crippen MR) is 125 cm³/mol. The van der Waals surface area contributed by atoms with Gasteiger partial charge in [0.25, 0.3) is 0 Å². The monoisotopic (exact) mass is 426 g/mol. The second-order valence-corrected chi connectivity index (χ2v) is 9.12. The molecule has 0 radical (unpaired) electrons. The highest BCUT2D eigenvalue weighted by atomic mass is 16.5. The third-order valence-corrected chi connectivity index (χ3v) is 7.14. The number of fused-ring (bicyclic) bond motifs is 4. The van der Waals surface area contributed by atoms with E-state index in [1.807, 2.05) is 18.2 Å². The fourth-order valence-electron chi connectivity index (χ4n) is 5.56. The van der Waals surface area contributed by atoms with Gasteiger partial charge in [-0.05, 0) is 67.4 Å². The lowest BCUT2D eigenvalue weighted by Crippen LogP contribution is -2.51. The molecule has 3 aromatic rings. The van der Waals surface area contributed by atoms with Crippen molar-refractivity contribution < 1.29 is 6.11 Å². The summed E-state index contributed by atoms with van der Waals surface area (Å²) in [6.45, 7) is 6.99. The molecule has 1 aromatic heterocycles. The van der Waals surface area contributed by atoms with Crippen molar-refractivity contribution in [3.8, 4) is 11.8 Å². The van der Waals surface area contributed by atoms with Gasteiger partial charge in [0.15, 0.2) is 0 Å². The number of hydrogen-bond donors (Lipinski definition) is 1. The third kappa shape index (κ3) is 3.21. The van der Waals surface area contributed by atoms with E-state index in [1.54, 1.807) is 6.07 Å². The Kier molecular flexibility index (Phi) is 4.48. The van der Waals surface area contributed by atoms with Crippen molar-refractivity contribution in [2.45, 2.75) is 38.1 Å². The average Bonchev–Trinajstić information content (AvgIpc) is 3.46. The summed E-state index contributed by atoms with van der Waals surface area (Å²) in [7, 11) is 0. The SMILES string of the molecule is [2H]c1ccc2c(N3C[C@@H](C)N4Cc5cc(O[C@H]6CCNC6)ccc5[C@H]4C3)ccc(C#N)c2n1. The molecule has 3 atom stereocenters. The fraction of sp³-hybridized carbons (Fsp3) is 0.385. The van der Waals surface area contributed by atoms with Crippen LogP contribution in [-0.4, -0.2) is 48.2 Å². The smallest absolute Gasteiger partial charge is 0.120 e. The maximum Gasteiger partial charge on any atom is 0.120 e. The molecule has 0 aliphatic carbocycles. The summed E-state index contributed by atoms with van der Waals surface area (Å²) in [6, 6.07) is 17.1. The van der Waals surface area contributed by atoms with Crippen LogP contribution in [0.25, 0.3) is 10.9 Å². The molecule has 6 rings (SSSR count). The van der Waals surface area contributed by atoms with Gasteiger partial charge in [-0.15, -0.1) is 0 Å². The summed E-state index contributed by atoms with van der Waals surface area (Å²) in [4.78, 5) is 9.38. The van der Waals surface area contributed by atoms with Crippen LogP contribution in [0.5, 0.6) is 5.75 Å². The molecule has 32 heavy (non-hydrogen) atoms. The van der Waals surface area contributed by atoms with E-state index in [-0.39, 0.29) is 12.3 Å². The van der Waals surface area contributed by atoms with E-state index in [1.165, 1.54) is 11.1 Å². The Balaban J connectivity index is 1.31. The number of nitrogens with one attached hydrogen (secondary N) is 1. The van der Waals surface area contributed by atoms with Gasteiger partial charge in [0, 0.05) is 49.5 Å². The summed E-state index contributed by atoms with van der Waals surface area (Å²) < 4.78 is 14.1. The maximum atomic E-state index is 9.53. The molecule has 0 bridgehead atoms. The van der Waals surface area contributed by atoms with Crippen molar-refractivity contribution in [2.75, 3.05) is 31.1 Å². The summed E-state index contributed by atoms with van der Waals surface area (Å²) in [6.07, 6.45) is 1.52. The largest absolute Gasteiger partial charge is 0.489 e. The number of aromatic nitrogens is 1. The lowest BCUT2D eigenvalue weighted by atomic mass is 10.00. The molecule has 0 amide bonds. The first-order chi connectivity index (χ1) is 16.1. The lowest BCUT2D eigenvalue weighted by Gasteiger charge is -2.43. The Bertz CT molecular complexity index is 1270. The summed E-state index contributed by atoms with van der Waals surface area (Å²) in [5, 5.41) is 13.8. The number of piperazine rings is 1. The molecular weight excluding hydrogens is 398 g/mol. The third-order valence-electron chi connectivity index (χ3n) is 7.14. The molecule has 0 spiro atoms. The second kappa shape index (κ2) is 7.77. The maximum absolute atomic E-state index is 9.53. The number of rotatable bonds is 3. The van der Waals surface area contributed by atoms with Crippen LogP contribution in [0.4, 0.5) is 5.69 Å². The van der Waals surface area contributed by atoms with Crippen molar-refractivity contribution >= 4 is 16.6 Å². The molecule has 6 nitrogen and oxygen atoms in total. The van der Waals surface area contributed by atoms with Crippen molar-refractivity contribution in [3.05, 3.63) is 65.3 Å². The quantitative estimate of drug-likeness (QED) is 0.690. The topological polar surface area (TPSA) is 64.4 Å². The van der Waals surface area contributed by atoms with E-state index in [4.69, 9.17) is 6.11 Å². The number of hydrogen-bond acceptors (Lipinski definition) is 6. The van der Waals surface area contributed by atoms with E-state index < -0.39 is 0 Å². The molecule has 1 N–H and O–H groups in total. The number of nitriles is 1. The summed E-state index contributed by atoms with van der Waals surface area (Å²) in [5.41, 5.74) is 4.97. The molecule has 3 aliphatic rings. The number of ether oxygens (including phenoxy) is 1. The minimum Gasteiger partial charge on any atom is -0.489 e. The van der Waals surface area contributed by atoms with E-state index in [9.17, 15) is 5.26 Å². The van der Waals surface area contributed by atoms with Gasteiger partial charge in [0.05, 0.1) is 18.5 Å². The summed E-state index contributed by atoms with van der Waals surface area (Å²) >= 11 is 0. The van der Waals surface area contributed by atoms with Crippen LogP contribution in [0, 0.1) is 11.3 Å². The highest BCUT2D eigenvalue weighted by Crippen LogP contribution is 2.42. The Hall–Kier alpha value is -3.14. The molecule has 0 unspecified atom stereocenters. The molecule has 2 aromatic carbocycles. The van der Waals surface area contributed by atoms with E-state index in [0.29, 0.717) is 23.2 Å². The Morgan fingerprint density at radius 3 is 3.03 bits per heavy atom. The van der Waals surface area contributed by atoms with Gasteiger partial charge in [0.2, 0.25) is 0 Å². The van der Waals surface area contributed by atoms with E-state index >= 15 is 0 Å². The van der Waals surface area contributed by atoms with Gasteiger partial charge < -0.3 is 15.0 Å². The number of nitrogens with zero attached hydrogens (tertiary/aromatic N) is 4. The Morgan fingerprint density at radius 2 is 2.19 bits per heavy atom. The van der Waals surface area contributed by atoms with Crippen LogP contribution >= 0.6 is 0 Å². The standard InChI is InChI=1S/C26H27N5O/c1-17-14-30(24-7-4-18(12-27)26-23(24)3-2-9-29-26)16-25-22-6-5-20(11-19(22)15-31(17)25)32-21-8-10-28-13-21/h2-7,9,11,17,21,25,28H,8,10,13-16H2,1H3/t17-,21+,25-/m1/s1/i9D. The predicted octanol–water partition coefficient (Wildman–Crippen LogP) is 3.61. The zero-order chi connectivity index (χ0) is 22.5. The minimum atomic E-state index is 0.186. The van der Waals surface area contributed by atoms with Gasteiger partial charge in [-0.2, -0.15) is 5.26 Å². The van der Waals surface area contributed by atoms with Crippen molar-refractivity contribution in [1.82, 2.24) is 15.2 Å². The Morgan fingerprint density at radius 1 is 1.25 bits per heavy atom. The highest BCUT2D eigenvalue weighted by molar-refractivity contribution is 5.95. The average molecular weight is 427 g/mol. The van der Waals surface area contributed by atoms with E-state index in [0.717, 1.165) is 56.0 Å². The van der Waals surface area contributed by atoms with Crippen LogP contribution in [0.3, 0.4) is 0 Å². The Labute approximate surface area is 189 Å². The molecule has 3 aliphatic heterocycles. The molecule has 162 valence electrons. The first-order valence-corrected chi connectivity index (χ1v) is 11.4. The van der Waals surface area contributed by atoms with Crippen molar-refractivity contribution in [2.24, 2.45) is 0 Å². The van der Waals surface area contributed by atoms with Crippen LogP contribution in [0.1, 0.15) is 37.4 Å². The van der Waals surface area contributed by atoms with Crippen molar-refractivity contribution in [1.29, 1.82) is 5.26 Å². The van der Waals surface area contributed by atoms with Gasteiger partial charge in [-0.3, -0.25) is 9.88 Å². The fourth-order valence-corrected chi connectivity index (χ4v) is 5.56. The minimum absolute atomic E-state index is 0.186. The first kappa shape index (κ1) is 18.4. The van der Waals surface area contributed by atoms with Gasteiger partial charge in [0.1, 0.15) is 17.9 Å². The number of benzene rings is 2. The molecular formula is C26H27N5O. The molecule has 4 heterocycles. The molecule has 2 fully saturated rings.